The van der Waals surface area contributed by atoms with Crippen molar-refractivity contribution in [2.75, 3.05) is 62.7 Å². The van der Waals surface area contributed by atoms with Gasteiger partial charge in [-0.15, -0.1) is 0 Å². The molecule has 0 N–H and O–H groups in total. The van der Waals surface area contributed by atoms with Crippen LogP contribution in [0.2, 0.25) is 0 Å². The van der Waals surface area contributed by atoms with E-state index < -0.39 is 0 Å². The summed E-state index contributed by atoms with van der Waals surface area (Å²) in [5, 5.41) is 2.64. The number of likely N-dealkylation sites (tertiary alicyclic amines) is 1. The topological polar surface area (TPSA) is 48.0 Å². The summed E-state index contributed by atoms with van der Waals surface area (Å²) in [7, 11) is 2.19. The van der Waals surface area contributed by atoms with Crippen LogP contribution in [0, 0.1) is 6.92 Å². The maximum Gasteiger partial charge on any atom is 0.318 e. The second kappa shape index (κ2) is 10.7. The molecule has 0 spiro atoms. The van der Waals surface area contributed by atoms with Gasteiger partial charge in [-0.25, -0.2) is 0 Å². The van der Waals surface area contributed by atoms with E-state index in [2.05, 4.69) is 83.8 Å². The lowest BCUT2D eigenvalue weighted by atomic mass is 9.99. The van der Waals surface area contributed by atoms with Crippen molar-refractivity contribution >= 4 is 22.3 Å². The van der Waals surface area contributed by atoms with Crippen LogP contribution < -0.4 is 14.5 Å². The highest BCUT2D eigenvalue weighted by atomic mass is 16.5. The molecule has 202 valence electrons. The minimum absolute atomic E-state index is 0.447. The molecular weight excluding hydrogens is 472 g/mol. The van der Waals surface area contributed by atoms with Crippen LogP contribution in [-0.4, -0.2) is 84.8 Å². The number of hydrogen-bond acceptors (Lipinski definition) is 7. The number of ether oxygens (including phenoxy) is 1. The molecule has 0 amide bonds. The Morgan fingerprint density at radius 3 is 2.47 bits per heavy atom. The third kappa shape index (κ3) is 4.94. The Bertz CT molecular complexity index is 1280. The van der Waals surface area contributed by atoms with E-state index in [-0.39, 0.29) is 0 Å². The molecule has 3 aliphatic rings. The third-order valence-electron chi connectivity index (χ3n) is 8.87. The quantitative estimate of drug-likeness (QED) is 0.480. The normalized spacial score (nSPS) is 20.9. The van der Waals surface area contributed by atoms with E-state index >= 15 is 0 Å². The van der Waals surface area contributed by atoms with Crippen molar-refractivity contribution in [2.45, 2.75) is 58.7 Å². The molecule has 4 heterocycles. The summed E-state index contributed by atoms with van der Waals surface area (Å²) in [4.78, 5) is 20.0. The van der Waals surface area contributed by atoms with Gasteiger partial charge in [0.1, 0.15) is 12.4 Å². The van der Waals surface area contributed by atoms with Gasteiger partial charge in [0.15, 0.2) is 0 Å². The fraction of sp³-hybridized carbons (Fsp3) is 0.548. The lowest BCUT2D eigenvalue weighted by Gasteiger charge is -2.39. The molecule has 1 atom stereocenters. The minimum atomic E-state index is 0.447. The van der Waals surface area contributed by atoms with Gasteiger partial charge in [-0.1, -0.05) is 30.3 Å². The largest absolute Gasteiger partial charge is 0.462 e. The van der Waals surface area contributed by atoms with E-state index in [0.717, 1.165) is 63.7 Å². The van der Waals surface area contributed by atoms with E-state index in [1.54, 1.807) is 0 Å². The SMILES string of the molecule is Cc1cccc2cccc(N3CCc4c(nc(OC[C@H]5CCCN5C)nc4N4CCN(C(C)C)CC4)C3)c12. The van der Waals surface area contributed by atoms with Gasteiger partial charge in [0.05, 0.1) is 12.2 Å². The molecule has 3 aromatic rings. The van der Waals surface area contributed by atoms with Gasteiger partial charge in [0, 0.05) is 61.4 Å². The van der Waals surface area contributed by atoms with Gasteiger partial charge in [0.2, 0.25) is 0 Å². The summed E-state index contributed by atoms with van der Waals surface area (Å²) >= 11 is 0. The molecular formula is C31H42N6O. The summed E-state index contributed by atoms with van der Waals surface area (Å²) in [6, 6.07) is 14.8. The molecule has 7 heteroatoms. The molecule has 2 fully saturated rings. The standard InChI is InChI=1S/C31H42N6O/c1-22(2)35-16-18-36(19-17-35)30-26-13-15-37(28-12-6-10-24-9-5-8-23(3)29(24)28)20-27(26)32-31(33-30)38-21-25-11-7-14-34(25)4/h5-6,8-10,12,22,25H,7,11,13-21H2,1-4H3/t25-/m1/s1. The summed E-state index contributed by atoms with van der Waals surface area (Å²) in [6.07, 6.45) is 3.36. The summed E-state index contributed by atoms with van der Waals surface area (Å²) in [5.74, 6) is 1.10. The van der Waals surface area contributed by atoms with E-state index in [0.29, 0.717) is 24.7 Å². The summed E-state index contributed by atoms with van der Waals surface area (Å²) in [5.41, 5.74) is 5.04. The van der Waals surface area contributed by atoms with Crippen molar-refractivity contribution in [3.63, 3.8) is 0 Å². The van der Waals surface area contributed by atoms with Crippen LogP contribution in [0.4, 0.5) is 11.5 Å². The Kier molecular flexibility index (Phi) is 7.14. The minimum Gasteiger partial charge on any atom is -0.462 e. The fourth-order valence-electron chi connectivity index (χ4n) is 6.50. The Balaban J connectivity index is 1.31. The molecule has 1 aromatic heterocycles. The smallest absolute Gasteiger partial charge is 0.318 e. The zero-order chi connectivity index (χ0) is 26.2. The highest BCUT2D eigenvalue weighted by molar-refractivity contribution is 5.97. The van der Waals surface area contributed by atoms with E-state index in [4.69, 9.17) is 14.7 Å². The summed E-state index contributed by atoms with van der Waals surface area (Å²) < 4.78 is 6.33. The van der Waals surface area contributed by atoms with Gasteiger partial charge in [-0.2, -0.15) is 9.97 Å². The molecule has 0 aliphatic carbocycles. The van der Waals surface area contributed by atoms with Crippen LogP contribution in [0.3, 0.4) is 0 Å². The second-order valence-corrected chi connectivity index (χ2v) is 11.6. The molecule has 7 nitrogen and oxygen atoms in total. The number of anilines is 2. The molecule has 6 rings (SSSR count). The maximum absolute atomic E-state index is 6.33. The third-order valence-corrected chi connectivity index (χ3v) is 8.87. The van der Waals surface area contributed by atoms with Crippen LogP contribution in [0.5, 0.6) is 6.01 Å². The van der Waals surface area contributed by atoms with Crippen LogP contribution in [-0.2, 0) is 13.0 Å². The highest BCUT2D eigenvalue weighted by Gasteiger charge is 2.29. The number of nitrogens with zero attached hydrogens (tertiary/aromatic N) is 6. The number of benzene rings is 2. The molecule has 38 heavy (non-hydrogen) atoms. The highest BCUT2D eigenvalue weighted by Crippen LogP contribution is 2.35. The van der Waals surface area contributed by atoms with Gasteiger partial charge in [-0.05, 0) is 70.6 Å². The van der Waals surface area contributed by atoms with Crippen molar-refractivity contribution in [3.8, 4) is 6.01 Å². The van der Waals surface area contributed by atoms with Crippen LogP contribution in [0.1, 0.15) is 43.5 Å². The number of hydrogen-bond donors (Lipinski definition) is 0. The van der Waals surface area contributed by atoms with Gasteiger partial charge < -0.3 is 19.4 Å². The Labute approximate surface area is 227 Å². The molecule has 0 saturated carbocycles. The van der Waals surface area contributed by atoms with Gasteiger partial charge in [-0.3, -0.25) is 4.90 Å². The van der Waals surface area contributed by atoms with E-state index in [1.807, 2.05) is 0 Å². The van der Waals surface area contributed by atoms with Crippen LogP contribution in [0.25, 0.3) is 10.8 Å². The Morgan fingerprint density at radius 1 is 0.947 bits per heavy atom. The molecule has 0 bridgehead atoms. The van der Waals surface area contributed by atoms with E-state index in [9.17, 15) is 0 Å². The molecule has 0 radical (unpaired) electrons. The van der Waals surface area contributed by atoms with Crippen molar-refractivity contribution < 1.29 is 4.74 Å². The Morgan fingerprint density at radius 2 is 1.74 bits per heavy atom. The fourth-order valence-corrected chi connectivity index (χ4v) is 6.50. The predicted molar refractivity (Wildman–Crippen MR) is 156 cm³/mol. The Hall–Kier alpha value is -2.90. The lowest BCUT2D eigenvalue weighted by Crippen LogP contribution is -2.49. The van der Waals surface area contributed by atoms with Crippen molar-refractivity contribution in [1.82, 2.24) is 19.8 Å². The lowest BCUT2D eigenvalue weighted by molar-refractivity contribution is 0.186. The number of aromatic nitrogens is 2. The first kappa shape index (κ1) is 25.4. The second-order valence-electron chi connectivity index (χ2n) is 11.6. The average Bonchev–Trinajstić information content (AvgIpc) is 3.35. The first-order valence-corrected chi connectivity index (χ1v) is 14.4. The monoisotopic (exact) mass is 514 g/mol. The zero-order valence-electron chi connectivity index (χ0n) is 23.5. The predicted octanol–water partition coefficient (Wildman–Crippen LogP) is 4.50. The number of aryl methyl sites for hydroxylation is 1. The molecule has 3 aliphatic heterocycles. The van der Waals surface area contributed by atoms with Gasteiger partial charge >= 0.3 is 6.01 Å². The van der Waals surface area contributed by atoms with E-state index in [1.165, 1.54) is 40.4 Å². The number of rotatable bonds is 6. The van der Waals surface area contributed by atoms with Crippen molar-refractivity contribution in [2.24, 2.45) is 0 Å². The summed E-state index contributed by atoms with van der Waals surface area (Å²) in [6.45, 7) is 14.5. The number of fused-ring (bicyclic) bond motifs is 2. The van der Waals surface area contributed by atoms with Crippen molar-refractivity contribution in [3.05, 3.63) is 53.2 Å². The molecule has 2 saturated heterocycles. The average molecular weight is 515 g/mol. The van der Waals surface area contributed by atoms with Gasteiger partial charge in [0.25, 0.3) is 0 Å². The first-order valence-electron chi connectivity index (χ1n) is 14.4. The van der Waals surface area contributed by atoms with Crippen molar-refractivity contribution in [1.29, 1.82) is 0 Å². The van der Waals surface area contributed by atoms with Crippen LogP contribution >= 0.6 is 0 Å². The molecule has 2 aromatic carbocycles. The zero-order valence-corrected chi connectivity index (χ0v) is 23.5. The first-order chi connectivity index (χ1) is 18.5. The molecule has 0 unspecified atom stereocenters. The number of likely N-dealkylation sites (N-methyl/N-ethyl adjacent to an activating group) is 1. The van der Waals surface area contributed by atoms with Crippen LogP contribution in [0.15, 0.2) is 36.4 Å². The number of piperazine rings is 1. The maximum atomic E-state index is 6.33.